The van der Waals surface area contributed by atoms with Crippen LogP contribution in [0.2, 0.25) is 0 Å². The molecule has 0 amide bonds. The number of nitrogens with one attached hydrogen (secondary N) is 1. The second-order valence-corrected chi connectivity index (χ2v) is 5.04. The van der Waals surface area contributed by atoms with Crippen molar-refractivity contribution in [3.05, 3.63) is 53.7 Å². The number of para-hydroxylation sites is 1. The van der Waals surface area contributed by atoms with Gasteiger partial charge < -0.3 is 0 Å². The highest BCUT2D eigenvalue weighted by Crippen LogP contribution is 2.22. The fourth-order valence-corrected chi connectivity index (χ4v) is 2.56. The molecule has 2 heterocycles. The highest BCUT2D eigenvalue weighted by molar-refractivity contribution is 7.20. The van der Waals surface area contributed by atoms with Gasteiger partial charge in [-0.2, -0.15) is 5.10 Å². The van der Waals surface area contributed by atoms with Crippen LogP contribution in [0.4, 0.5) is 5.82 Å². The van der Waals surface area contributed by atoms with E-state index in [1.165, 1.54) is 4.70 Å². The van der Waals surface area contributed by atoms with E-state index in [9.17, 15) is 0 Å². The molecule has 0 unspecified atom stereocenters. The Kier molecular flexibility index (Phi) is 3.20. The van der Waals surface area contributed by atoms with Crippen molar-refractivity contribution in [2.45, 2.75) is 6.92 Å². The van der Waals surface area contributed by atoms with E-state index in [4.69, 9.17) is 0 Å². The summed E-state index contributed by atoms with van der Waals surface area (Å²) in [6.45, 7) is 1.94. The van der Waals surface area contributed by atoms with Crippen LogP contribution >= 0.6 is 11.3 Å². The topological polar surface area (TPSA) is 50.2 Å². The first-order valence-electron chi connectivity index (χ1n) is 5.90. The van der Waals surface area contributed by atoms with Gasteiger partial charge in [0.2, 0.25) is 0 Å². The minimum atomic E-state index is 0.725. The fourth-order valence-electron chi connectivity index (χ4n) is 1.64. The minimum absolute atomic E-state index is 0.725. The maximum atomic E-state index is 4.55. The lowest BCUT2D eigenvalue weighted by molar-refractivity contribution is 1.22. The molecule has 5 heteroatoms. The molecule has 4 nitrogen and oxygen atoms in total. The van der Waals surface area contributed by atoms with Crippen molar-refractivity contribution in [2.24, 2.45) is 5.10 Å². The van der Waals surface area contributed by atoms with Crippen molar-refractivity contribution in [1.82, 2.24) is 9.97 Å². The maximum Gasteiger partial charge on any atom is 0.146 e. The molecule has 19 heavy (non-hydrogen) atoms. The first-order chi connectivity index (χ1) is 9.33. The van der Waals surface area contributed by atoms with Gasteiger partial charge in [-0.1, -0.05) is 18.2 Å². The molecule has 1 aromatic carbocycles. The Morgan fingerprint density at radius 2 is 2.00 bits per heavy atom. The number of rotatable bonds is 3. The molecule has 94 valence electrons. The maximum absolute atomic E-state index is 4.55. The van der Waals surface area contributed by atoms with Crippen molar-refractivity contribution < 1.29 is 0 Å². The molecule has 0 saturated carbocycles. The molecule has 0 radical (unpaired) electrons. The molecule has 0 saturated heterocycles. The molecule has 0 fully saturated rings. The van der Waals surface area contributed by atoms with Crippen molar-refractivity contribution in [2.75, 3.05) is 5.43 Å². The van der Waals surface area contributed by atoms with Gasteiger partial charge in [-0.25, -0.2) is 9.97 Å². The molecule has 3 rings (SSSR count). The van der Waals surface area contributed by atoms with Crippen LogP contribution in [0.5, 0.6) is 0 Å². The van der Waals surface area contributed by atoms with Gasteiger partial charge in [-0.05, 0) is 31.2 Å². The molecular weight excluding hydrogens is 256 g/mol. The Labute approximate surface area is 114 Å². The molecule has 0 aliphatic rings. The normalized spacial score (nSPS) is 11.7. The highest BCUT2D eigenvalue weighted by Gasteiger charge is 2.05. The van der Waals surface area contributed by atoms with Gasteiger partial charge in [0.05, 0.1) is 15.9 Å². The largest absolute Gasteiger partial charge is 0.261 e. The molecular formula is C14H12N4S. The van der Waals surface area contributed by atoms with E-state index in [2.05, 4.69) is 26.6 Å². The average molecular weight is 268 g/mol. The predicted octanol–water partition coefficient (Wildman–Crippen LogP) is 3.53. The van der Waals surface area contributed by atoms with Crippen LogP contribution in [0.1, 0.15) is 11.9 Å². The number of hydrazone groups is 1. The third kappa shape index (κ3) is 2.61. The molecule has 0 bridgehead atoms. The predicted molar refractivity (Wildman–Crippen MR) is 79.7 cm³/mol. The Morgan fingerprint density at radius 1 is 1.16 bits per heavy atom. The summed E-state index contributed by atoms with van der Waals surface area (Å²) in [6.07, 6.45) is 1.73. The second-order valence-electron chi connectivity index (χ2n) is 4.01. The quantitative estimate of drug-likeness (QED) is 0.584. The molecule has 3 aromatic rings. The van der Waals surface area contributed by atoms with Crippen LogP contribution < -0.4 is 5.43 Å². The third-order valence-electron chi connectivity index (χ3n) is 2.61. The third-order valence-corrected chi connectivity index (χ3v) is 3.75. The number of anilines is 1. The second kappa shape index (κ2) is 5.16. The van der Waals surface area contributed by atoms with Crippen molar-refractivity contribution >= 4 is 33.1 Å². The van der Waals surface area contributed by atoms with E-state index >= 15 is 0 Å². The fraction of sp³-hybridized carbons (Fsp3) is 0.0714. The zero-order valence-corrected chi connectivity index (χ0v) is 11.2. The molecule has 1 N–H and O–H groups in total. The molecule has 0 aliphatic heterocycles. The summed E-state index contributed by atoms with van der Waals surface area (Å²) in [5.41, 5.74) is 4.79. The number of hydrogen-bond donors (Lipinski definition) is 1. The number of benzene rings is 1. The van der Waals surface area contributed by atoms with E-state index in [0.29, 0.717) is 0 Å². The van der Waals surface area contributed by atoms with Gasteiger partial charge in [0, 0.05) is 6.20 Å². The van der Waals surface area contributed by atoms with E-state index in [1.807, 2.05) is 43.3 Å². The zero-order chi connectivity index (χ0) is 13.1. The SMILES string of the molecule is C/C(=N\Nc1ccccn1)c1nc2ccccc2s1. The number of pyridine rings is 1. The van der Waals surface area contributed by atoms with Crippen LogP contribution in [0.25, 0.3) is 10.2 Å². The van der Waals surface area contributed by atoms with Crippen LogP contribution in [-0.2, 0) is 0 Å². The molecule has 2 aromatic heterocycles. The first-order valence-corrected chi connectivity index (χ1v) is 6.72. The van der Waals surface area contributed by atoms with Crippen LogP contribution in [0.3, 0.4) is 0 Å². The van der Waals surface area contributed by atoms with Gasteiger partial charge >= 0.3 is 0 Å². The van der Waals surface area contributed by atoms with E-state index in [0.717, 1.165) is 22.1 Å². The summed E-state index contributed by atoms with van der Waals surface area (Å²) in [7, 11) is 0. The Bertz CT molecular complexity index is 685. The van der Waals surface area contributed by atoms with Crippen molar-refractivity contribution in [3.8, 4) is 0 Å². The standard InChI is InChI=1S/C14H12N4S/c1-10(17-18-13-8-4-5-9-15-13)14-16-11-6-2-3-7-12(11)19-14/h2-9H,1H3,(H,15,18)/b17-10+. The number of fused-ring (bicyclic) bond motifs is 1. The number of hydrogen-bond acceptors (Lipinski definition) is 5. The minimum Gasteiger partial charge on any atom is -0.261 e. The number of nitrogens with zero attached hydrogens (tertiary/aromatic N) is 3. The summed E-state index contributed by atoms with van der Waals surface area (Å²) in [6, 6.07) is 13.7. The Hall–Kier alpha value is -2.27. The van der Waals surface area contributed by atoms with Gasteiger partial charge in [0.1, 0.15) is 10.8 Å². The monoisotopic (exact) mass is 268 g/mol. The highest BCUT2D eigenvalue weighted by atomic mass is 32.1. The van der Waals surface area contributed by atoms with E-state index in [-0.39, 0.29) is 0 Å². The first kappa shape index (κ1) is 11.8. The van der Waals surface area contributed by atoms with Crippen molar-refractivity contribution in [1.29, 1.82) is 0 Å². The van der Waals surface area contributed by atoms with Crippen molar-refractivity contribution in [3.63, 3.8) is 0 Å². The molecule has 0 spiro atoms. The number of thiazole rings is 1. The zero-order valence-electron chi connectivity index (χ0n) is 10.4. The summed E-state index contributed by atoms with van der Waals surface area (Å²) in [5.74, 6) is 0.725. The van der Waals surface area contributed by atoms with Gasteiger partial charge in [-0.15, -0.1) is 11.3 Å². The van der Waals surface area contributed by atoms with E-state index < -0.39 is 0 Å². The lowest BCUT2D eigenvalue weighted by Crippen LogP contribution is -1.99. The van der Waals surface area contributed by atoms with Crippen LogP contribution in [0, 0.1) is 0 Å². The average Bonchev–Trinajstić information content (AvgIpc) is 2.90. The summed E-state index contributed by atoms with van der Waals surface area (Å²) in [5, 5.41) is 5.23. The van der Waals surface area contributed by atoms with Crippen LogP contribution in [0.15, 0.2) is 53.8 Å². The summed E-state index contributed by atoms with van der Waals surface area (Å²) >= 11 is 1.64. The van der Waals surface area contributed by atoms with Gasteiger partial charge in [-0.3, -0.25) is 5.43 Å². The Balaban J connectivity index is 1.85. The lowest BCUT2D eigenvalue weighted by Gasteiger charge is -1.99. The summed E-state index contributed by atoms with van der Waals surface area (Å²) < 4.78 is 1.17. The molecule has 0 aliphatic carbocycles. The smallest absolute Gasteiger partial charge is 0.146 e. The van der Waals surface area contributed by atoms with Gasteiger partial charge in [0.25, 0.3) is 0 Å². The number of aromatic nitrogens is 2. The summed E-state index contributed by atoms with van der Waals surface area (Å²) in [4.78, 5) is 8.70. The lowest BCUT2D eigenvalue weighted by atomic mass is 10.3. The van der Waals surface area contributed by atoms with E-state index in [1.54, 1.807) is 17.5 Å². The van der Waals surface area contributed by atoms with Gasteiger partial charge in [0.15, 0.2) is 0 Å². The Morgan fingerprint density at radius 3 is 2.79 bits per heavy atom. The molecule has 0 atom stereocenters. The van der Waals surface area contributed by atoms with Crippen LogP contribution in [-0.4, -0.2) is 15.7 Å².